The van der Waals surface area contributed by atoms with Crippen LogP contribution in [0.15, 0.2) is 4.99 Å². The van der Waals surface area contributed by atoms with Gasteiger partial charge in [-0.05, 0) is 0 Å². The van der Waals surface area contributed by atoms with Crippen LogP contribution in [0, 0.1) is 5.92 Å². The van der Waals surface area contributed by atoms with Gasteiger partial charge in [0.25, 0.3) is 0 Å². The summed E-state index contributed by atoms with van der Waals surface area (Å²) in [6.07, 6.45) is 2.02. The van der Waals surface area contributed by atoms with Gasteiger partial charge in [0.2, 0.25) is 0 Å². The van der Waals surface area contributed by atoms with Crippen molar-refractivity contribution in [2.75, 3.05) is 6.61 Å². The van der Waals surface area contributed by atoms with E-state index in [1.54, 1.807) is 0 Å². The Bertz CT molecular complexity index is 136. The van der Waals surface area contributed by atoms with Crippen molar-refractivity contribution in [1.82, 2.24) is 0 Å². The van der Waals surface area contributed by atoms with Crippen LogP contribution in [-0.2, 0) is 4.70 Å². The van der Waals surface area contributed by atoms with Crippen molar-refractivity contribution < 1.29 is 9.81 Å². The molecule has 0 unspecified atom stereocenters. The average Bonchev–Trinajstić information content (AvgIpc) is 1.97. The number of hydrogen-bond donors (Lipinski definition) is 1. The van der Waals surface area contributed by atoms with Crippen LogP contribution >= 0.6 is 0 Å². The fraction of sp³-hybridized carbons (Fsp3) is 0.857. The molecule has 11 heavy (non-hydrogen) atoms. The fourth-order valence-corrected chi connectivity index (χ4v) is 0.884. The molecule has 0 radical (unpaired) electrons. The Morgan fingerprint density at radius 1 is 1.64 bits per heavy atom. The van der Waals surface area contributed by atoms with E-state index in [1.807, 2.05) is 0 Å². The summed E-state index contributed by atoms with van der Waals surface area (Å²) in [5, 5.41) is 8.77. The van der Waals surface area contributed by atoms with Gasteiger partial charge in [0, 0.05) is 0 Å². The van der Waals surface area contributed by atoms with Gasteiger partial charge in [0.15, 0.2) is 0 Å². The van der Waals surface area contributed by atoms with Gasteiger partial charge in [-0.1, -0.05) is 0 Å². The third-order valence-electron chi connectivity index (χ3n) is 1.31. The zero-order valence-corrected chi connectivity index (χ0v) is 7.03. The van der Waals surface area contributed by atoms with E-state index in [0.29, 0.717) is 13.1 Å². The van der Waals surface area contributed by atoms with Crippen LogP contribution in [0.25, 0.3) is 0 Å². The first-order valence-electron chi connectivity index (χ1n) is 3.78. The Hall–Kier alpha value is -0.505. The number of aliphatic imine (C=N–C) groups is 1. The van der Waals surface area contributed by atoms with E-state index in [9.17, 15) is 4.70 Å². The number of rotatable bonds is 5. The van der Waals surface area contributed by atoms with E-state index in [1.165, 1.54) is 6.11 Å². The van der Waals surface area contributed by atoms with Gasteiger partial charge < -0.3 is 0 Å². The molecule has 4 heteroatoms. The zero-order chi connectivity index (χ0) is 8.69. The molecule has 0 amide bonds. The maximum atomic E-state index is 9.88. The minimum atomic E-state index is -0.111. The van der Waals surface area contributed by atoms with Gasteiger partial charge in [-0.3, -0.25) is 0 Å². The molecular weight excluding hydrogens is 141 g/mol. The van der Waals surface area contributed by atoms with Crippen LogP contribution in [0.1, 0.15) is 20.3 Å². The van der Waals surface area contributed by atoms with E-state index >= 15 is 0 Å². The first kappa shape index (κ1) is 10.5. The Balaban J connectivity index is 3.75. The molecule has 0 bridgehead atoms. The SMILES string of the molecule is CC(C)C[C@@H](CO)N=CB=O. The molecule has 0 rings (SSSR count). The predicted octanol–water partition coefficient (Wildman–Crippen LogP) is 0.471. The van der Waals surface area contributed by atoms with Gasteiger partial charge in [-0.25, -0.2) is 0 Å². The van der Waals surface area contributed by atoms with E-state index in [2.05, 4.69) is 18.8 Å². The summed E-state index contributed by atoms with van der Waals surface area (Å²) in [6.45, 7) is 4.13. The third kappa shape index (κ3) is 5.92. The quantitative estimate of drug-likeness (QED) is 0.463. The second-order valence-corrected chi connectivity index (χ2v) is 2.90. The third-order valence-corrected chi connectivity index (χ3v) is 1.31. The Morgan fingerprint density at radius 2 is 2.27 bits per heavy atom. The fourth-order valence-electron chi connectivity index (χ4n) is 0.884. The summed E-state index contributed by atoms with van der Waals surface area (Å²) < 4.78 is 9.88. The van der Waals surface area contributed by atoms with E-state index in [4.69, 9.17) is 5.11 Å². The van der Waals surface area contributed by atoms with Crippen LogP contribution in [0.5, 0.6) is 0 Å². The van der Waals surface area contributed by atoms with E-state index in [0.717, 1.165) is 6.42 Å². The number of aliphatic hydroxyl groups excluding tert-OH is 1. The van der Waals surface area contributed by atoms with E-state index in [-0.39, 0.29) is 12.6 Å². The Morgan fingerprint density at radius 3 is 2.64 bits per heavy atom. The van der Waals surface area contributed by atoms with Crippen LogP contribution in [0.4, 0.5) is 0 Å². The van der Waals surface area contributed by atoms with Crippen molar-refractivity contribution in [3.8, 4) is 0 Å². The maximum absolute atomic E-state index is 9.88. The molecule has 1 N–H and O–H groups in total. The molecule has 3 nitrogen and oxygen atoms in total. The zero-order valence-electron chi connectivity index (χ0n) is 7.03. The van der Waals surface area contributed by atoms with Crippen molar-refractivity contribution in [2.24, 2.45) is 10.9 Å². The Kier molecular flexibility index (Phi) is 5.94. The molecule has 0 spiro atoms. The molecule has 0 heterocycles. The molecular formula is C7H14BNO2. The van der Waals surface area contributed by atoms with Crippen molar-refractivity contribution in [3.05, 3.63) is 0 Å². The summed E-state index contributed by atoms with van der Waals surface area (Å²) in [7, 11) is 0.628. The molecule has 0 aliphatic carbocycles. The molecule has 0 aromatic carbocycles. The van der Waals surface area contributed by atoms with Gasteiger partial charge in [-0.15, -0.1) is 0 Å². The second kappa shape index (κ2) is 6.22. The molecule has 62 valence electrons. The standard InChI is InChI=1S/C7H14BNO2/c1-6(2)3-7(4-10)9-5-8-11/h5-7,10H,3-4H2,1-2H3/t7-/m0/s1. The molecule has 0 aromatic heterocycles. The van der Waals surface area contributed by atoms with Gasteiger partial charge >= 0.3 is 66.9 Å². The minimum absolute atomic E-state index is 0.0164. The molecule has 1 atom stereocenters. The molecule has 0 fully saturated rings. The van der Waals surface area contributed by atoms with Crippen LogP contribution in [0.3, 0.4) is 0 Å². The van der Waals surface area contributed by atoms with Crippen LogP contribution in [0.2, 0.25) is 0 Å². The molecule has 0 aromatic rings. The van der Waals surface area contributed by atoms with Crippen LogP contribution < -0.4 is 0 Å². The normalized spacial score (nSPS) is 13.8. The van der Waals surface area contributed by atoms with Gasteiger partial charge in [-0.2, -0.15) is 0 Å². The van der Waals surface area contributed by atoms with E-state index < -0.39 is 0 Å². The van der Waals surface area contributed by atoms with Crippen molar-refractivity contribution in [1.29, 1.82) is 0 Å². The summed E-state index contributed by atoms with van der Waals surface area (Å²) in [5.74, 6) is 0.496. The molecule has 0 aliphatic rings. The summed E-state index contributed by atoms with van der Waals surface area (Å²) in [6, 6.07) is -0.111. The second-order valence-electron chi connectivity index (χ2n) is 2.90. The predicted molar refractivity (Wildman–Crippen MR) is 45.3 cm³/mol. The summed E-state index contributed by atoms with van der Waals surface area (Å²) in [5.41, 5.74) is 0. The van der Waals surface area contributed by atoms with Crippen molar-refractivity contribution >= 4 is 13.3 Å². The molecule has 0 saturated heterocycles. The molecule has 0 saturated carbocycles. The van der Waals surface area contributed by atoms with Crippen molar-refractivity contribution in [2.45, 2.75) is 26.3 Å². The molecule has 0 aliphatic heterocycles. The summed E-state index contributed by atoms with van der Waals surface area (Å²) >= 11 is 0. The van der Waals surface area contributed by atoms with Crippen molar-refractivity contribution in [3.63, 3.8) is 0 Å². The van der Waals surface area contributed by atoms with Gasteiger partial charge in [0.05, 0.1) is 0 Å². The number of nitrogens with zero attached hydrogens (tertiary/aromatic N) is 1. The monoisotopic (exact) mass is 155 g/mol. The van der Waals surface area contributed by atoms with Gasteiger partial charge in [0.1, 0.15) is 0 Å². The number of hydrogen-bond acceptors (Lipinski definition) is 3. The first-order valence-corrected chi connectivity index (χ1v) is 3.78. The summed E-state index contributed by atoms with van der Waals surface area (Å²) in [4.78, 5) is 3.86. The Labute approximate surface area is 67.8 Å². The topological polar surface area (TPSA) is 49.7 Å². The number of aliphatic hydroxyl groups is 1. The van der Waals surface area contributed by atoms with Crippen LogP contribution in [-0.4, -0.2) is 31.0 Å². The average molecular weight is 155 g/mol. The first-order chi connectivity index (χ1) is 5.20.